The van der Waals surface area contributed by atoms with Crippen molar-refractivity contribution in [2.45, 2.75) is 25.5 Å². The van der Waals surface area contributed by atoms with Crippen molar-refractivity contribution in [1.29, 1.82) is 0 Å². The van der Waals surface area contributed by atoms with Crippen LogP contribution >= 0.6 is 0 Å². The highest BCUT2D eigenvalue weighted by Crippen LogP contribution is 2.41. The molecule has 0 spiro atoms. The maximum atomic E-state index is 12.0. The van der Waals surface area contributed by atoms with Crippen molar-refractivity contribution in [3.8, 4) is 5.75 Å². The molecule has 1 aromatic rings. The number of ether oxygens (including phenoxy) is 1. The number of benzene rings is 1. The SMILES string of the molecule is NNC(c1cccc(OC(F)F)c1)C1CC1. The Bertz CT molecular complexity index is 356. The van der Waals surface area contributed by atoms with Gasteiger partial charge in [0.25, 0.3) is 0 Å². The zero-order chi connectivity index (χ0) is 11.5. The lowest BCUT2D eigenvalue weighted by atomic mass is 10.0. The Morgan fingerprint density at radius 3 is 2.69 bits per heavy atom. The van der Waals surface area contributed by atoms with Crippen molar-refractivity contribution in [3.05, 3.63) is 29.8 Å². The molecular weight excluding hydrogens is 214 g/mol. The van der Waals surface area contributed by atoms with E-state index in [2.05, 4.69) is 10.2 Å². The van der Waals surface area contributed by atoms with Crippen LogP contribution in [-0.4, -0.2) is 6.61 Å². The van der Waals surface area contributed by atoms with Crippen LogP contribution in [0.5, 0.6) is 5.75 Å². The normalized spacial score (nSPS) is 17.5. The summed E-state index contributed by atoms with van der Waals surface area (Å²) in [5, 5.41) is 0. The zero-order valence-corrected chi connectivity index (χ0v) is 8.70. The minimum absolute atomic E-state index is 0.0289. The number of halogens is 2. The molecule has 0 amide bonds. The molecule has 3 nitrogen and oxygen atoms in total. The number of nitrogens with two attached hydrogens (primary N) is 1. The number of alkyl halides is 2. The molecule has 0 saturated heterocycles. The second-order valence-electron chi connectivity index (χ2n) is 3.93. The monoisotopic (exact) mass is 228 g/mol. The van der Waals surface area contributed by atoms with Crippen LogP contribution in [0.4, 0.5) is 8.78 Å². The molecule has 3 N–H and O–H groups in total. The Labute approximate surface area is 92.6 Å². The molecule has 88 valence electrons. The van der Waals surface area contributed by atoms with Gasteiger partial charge in [-0.05, 0) is 36.5 Å². The molecule has 0 aromatic heterocycles. The molecule has 1 aliphatic carbocycles. The van der Waals surface area contributed by atoms with Gasteiger partial charge in [0.05, 0.1) is 0 Å². The fourth-order valence-electron chi connectivity index (χ4n) is 1.82. The summed E-state index contributed by atoms with van der Waals surface area (Å²) in [4.78, 5) is 0. The third kappa shape index (κ3) is 2.68. The maximum absolute atomic E-state index is 12.0. The summed E-state index contributed by atoms with van der Waals surface area (Å²) in [5.41, 5.74) is 3.61. The standard InChI is InChI=1S/C11H14F2N2O/c12-11(13)16-9-3-1-2-8(6-9)10(15-14)7-4-5-7/h1-3,6-7,10-11,15H,4-5,14H2. The zero-order valence-electron chi connectivity index (χ0n) is 8.70. The Hall–Kier alpha value is -1.20. The van der Waals surface area contributed by atoms with E-state index >= 15 is 0 Å². The molecule has 0 heterocycles. The highest BCUT2D eigenvalue weighted by atomic mass is 19.3. The molecule has 5 heteroatoms. The average Bonchev–Trinajstić information content (AvgIpc) is 3.03. The average molecular weight is 228 g/mol. The van der Waals surface area contributed by atoms with Gasteiger partial charge in [0.1, 0.15) is 5.75 Å². The van der Waals surface area contributed by atoms with Gasteiger partial charge in [0, 0.05) is 6.04 Å². The first kappa shape index (κ1) is 11.3. The third-order valence-electron chi connectivity index (χ3n) is 2.72. The first-order valence-electron chi connectivity index (χ1n) is 5.21. The van der Waals surface area contributed by atoms with Crippen LogP contribution in [-0.2, 0) is 0 Å². The third-order valence-corrected chi connectivity index (χ3v) is 2.72. The minimum atomic E-state index is -2.79. The van der Waals surface area contributed by atoms with Gasteiger partial charge in [0.15, 0.2) is 0 Å². The predicted molar refractivity (Wildman–Crippen MR) is 55.9 cm³/mol. The molecule has 1 aliphatic rings. The van der Waals surface area contributed by atoms with Gasteiger partial charge in [-0.2, -0.15) is 8.78 Å². The Morgan fingerprint density at radius 1 is 1.38 bits per heavy atom. The van der Waals surface area contributed by atoms with Crippen LogP contribution in [0.1, 0.15) is 24.4 Å². The molecule has 0 radical (unpaired) electrons. The van der Waals surface area contributed by atoms with E-state index in [1.807, 2.05) is 6.07 Å². The quantitative estimate of drug-likeness (QED) is 0.600. The molecule has 1 atom stereocenters. The van der Waals surface area contributed by atoms with E-state index in [9.17, 15) is 8.78 Å². The van der Waals surface area contributed by atoms with Crippen molar-refractivity contribution in [2.75, 3.05) is 0 Å². The lowest BCUT2D eigenvalue weighted by Gasteiger charge is -2.16. The molecule has 1 unspecified atom stereocenters. The fraction of sp³-hybridized carbons (Fsp3) is 0.455. The van der Waals surface area contributed by atoms with Gasteiger partial charge in [-0.1, -0.05) is 12.1 Å². The van der Waals surface area contributed by atoms with Gasteiger partial charge in [-0.3, -0.25) is 11.3 Å². The van der Waals surface area contributed by atoms with Crippen LogP contribution < -0.4 is 16.0 Å². The van der Waals surface area contributed by atoms with E-state index in [1.54, 1.807) is 12.1 Å². The van der Waals surface area contributed by atoms with Gasteiger partial charge >= 0.3 is 6.61 Å². The fourth-order valence-corrected chi connectivity index (χ4v) is 1.82. The molecular formula is C11H14F2N2O. The molecule has 1 fully saturated rings. The van der Waals surface area contributed by atoms with Crippen LogP contribution in [0.3, 0.4) is 0 Å². The number of hydrazine groups is 1. The number of nitrogens with one attached hydrogen (secondary N) is 1. The first-order valence-corrected chi connectivity index (χ1v) is 5.21. The number of hydrogen-bond donors (Lipinski definition) is 2. The Balaban J connectivity index is 2.13. The second kappa shape index (κ2) is 4.76. The molecule has 1 aromatic carbocycles. The van der Waals surface area contributed by atoms with Crippen molar-refractivity contribution in [1.82, 2.24) is 5.43 Å². The van der Waals surface area contributed by atoms with Crippen LogP contribution in [0.15, 0.2) is 24.3 Å². The largest absolute Gasteiger partial charge is 0.435 e. The van der Waals surface area contributed by atoms with Gasteiger partial charge in [0.2, 0.25) is 0 Å². The molecule has 0 aliphatic heterocycles. The van der Waals surface area contributed by atoms with E-state index in [0.29, 0.717) is 5.92 Å². The second-order valence-corrected chi connectivity index (χ2v) is 3.93. The Morgan fingerprint density at radius 2 is 2.12 bits per heavy atom. The van der Waals surface area contributed by atoms with Crippen molar-refractivity contribution in [3.63, 3.8) is 0 Å². The van der Waals surface area contributed by atoms with Crippen LogP contribution in [0, 0.1) is 5.92 Å². The van der Waals surface area contributed by atoms with Gasteiger partial charge in [-0.15, -0.1) is 0 Å². The maximum Gasteiger partial charge on any atom is 0.387 e. The van der Waals surface area contributed by atoms with Gasteiger partial charge < -0.3 is 4.74 Å². The summed E-state index contributed by atoms with van der Waals surface area (Å²) in [5.74, 6) is 6.14. The highest BCUT2D eigenvalue weighted by Gasteiger charge is 2.31. The predicted octanol–water partition coefficient (Wildman–Crippen LogP) is 2.20. The summed E-state index contributed by atoms with van der Waals surface area (Å²) < 4.78 is 28.4. The lowest BCUT2D eigenvalue weighted by Crippen LogP contribution is -2.29. The van der Waals surface area contributed by atoms with Crippen molar-refractivity contribution >= 4 is 0 Å². The van der Waals surface area contributed by atoms with Crippen molar-refractivity contribution in [2.24, 2.45) is 11.8 Å². The topological polar surface area (TPSA) is 47.3 Å². The molecule has 1 saturated carbocycles. The summed E-state index contributed by atoms with van der Waals surface area (Å²) in [7, 11) is 0. The van der Waals surface area contributed by atoms with E-state index in [0.717, 1.165) is 18.4 Å². The highest BCUT2D eigenvalue weighted by molar-refractivity contribution is 5.31. The molecule has 2 rings (SSSR count). The van der Waals surface area contributed by atoms with E-state index in [-0.39, 0.29) is 11.8 Å². The van der Waals surface area contributed by atoms with E-state index < -0.39 is 6.61 Å². The first-order chi connectivity index (χ1) is 7.70. The minimum Gasteiger partial charge on any atom is -0.435 e. The summed E-state index contributed by atoms with van der Waals surface area (Å²) >= 11 is 0. The molecule has 16 heavy (non-hydrogen) atoms. The van der Waals surface area contributed by atoms with Gasteiger partial charge in [-0.25, -0.2) is 0 Å². The van der Waals surface area contributed by atoms with E-state index in [1.165, 1.54) is 6.07 Å². The summed E-state index contributed by atoms with van der Waals surface area (Å²) in [6.45, 7) is -2.79. The summed E-state index contributed by atoms with van der Waals surface area (Å²) in [6, 6.07) is 6.70. The lowest BCUT2D eigenvalue weighted by molar-refractivity contribution is -0.0499. The van der Waals surface area contributed by atoms with Crippen LogP contribution in [0.2, 0.25) is 0 Å². The van der Waals surface area contributed by atoms with E-state index in [4.69, 9.17) is 5.84 Å². The number of hydrogen-bond acceptors (Lipinski definition) is 3. The number of rotatable bonds is 5. The summed E-state index contributed by atoms with van der Waals surface area (Å²) in [6.07, 6.45) is 2.24. The molecule has 0 bridgehead atoms. The van der Waals surface area contributed by atoms with Crippen LogP contribution in [0.25, 0.3) is 0 Å². The van der Waals surface area contributed by atoms with Crippen molar-refractivity contribution < 1.29 is 13.5 Å². The smallest absolute Gasteiger partial charge is 0.387 e. The Kier molecular flexibility index (Phi) is 3.36.